The number of hydrogen-bond acceptors (Lipinski definition) is 5. The first-order chi connectivity index (χ1) is 10.9. The van der Waals surface area contributed by atoms with Gasteiger partial charge in [-0.25, -0.2) is 14.8 Å². The van der Waals surface area contributed by atoms with Crippen LogP contribution in [0.25, 0.3) is 5.82 Å². The smallest absolute Gasteiger partial charge is 0.317 e. The van der Waals surface area contributed by atoms with E-state index in [1.165, 1.54) is 9.58 Å². The van der Waals surface area contributed by atoms with Crippen LogP contribution in [0.1, 0.15) is 17.3 Å². The first-order valence-corrected chi connectivity index (χ1v) is 6.99. The van der Waals surface area contributed by atoms with Crippen molar-refractivity contribution in [3.63, 3.8) is 0 Å². The lowest BCUT2D eigenvalue weighted by Gasteiger charge is -2.12. The van der Waals surface area contributed by atoms with E-state index < -0.39 is 5.91 Å². The van der Waals surface area contributed by atoms with Gasteiger partial charge in [-0.1, -0.05) is 6.07 Å². The van der Waals surface area contributed by atoms with Crippen molar-refractivity contribution in [2.45, 2.75) is 19.9 Å². The van der Waals surface area contributed by atoms with Crippen molar-refractivity contribution >= 4 is 11.9 Å². The number of amides is 3. The molecule has 0 aliphatic rings. The van der Waals surface area contributed by atoms with E-state index in [9.17, 15) is 9.59 Å². The fourth-order valence-corrected chi connectivity index (χ4v) is 1.88. The monoisotopic (exact) mass is 317 g/mol. The summed E-state index contributed by atoms with van der Waals surface area (Å²) in [5, 5.41) is 6.97. The Kier molecular flexibility index (Phi) is 4.89. The van der Waals surface area contributed by atoms with E-state index in [1.807, 2.05) is 19.1 Å². The van der Waals surface area contributed by atoms with Gasteiger partial charge in [0.1, 0.15) is 0 Å². The number of carbonyl (C=O) groups excluding carboxylic acids is 2. The lowest BCUT2D eigenvalue weighted by atomic mass is 10.4. The molecule has 9 nitrogen and oxygen atoms in total. The second-order valence-electron chi connectivity index (χ2n) is 5.19. The molecule has 0 aliphatic heterocycles. The molecule has 0 saturated heterocycles. The maximum atomic E-state index is 11.7. The number of nitrogens with one attached hydrogen (secondary N) is 1. The second-order valence-corrected chi connectivity index (χ2v) is 5.19. The van der Waals surface area contributed by atoms with E-state index in [2.05, 4.69) is 20.4 Å². The first-order valence-electron chi connectivity index (χ1n) is 6.99. The molecule has 0 unspecified atom stereocenters. The maximum Gasteiger partial charge on any atom is 0.317 e. The standard InChI is InChI=1S/C14H19N7O2/c1-9-5-4-6-12(17-9)21-13(8-16-14(23)20(2)3)18-11(19-21)7-10(15)22/h4-6H,7-8H2,1-3H3,(H2,15,22)(H,16,23). The van der Waals surface area contributed by atoms with Crippen LogP contribution in [0, 0.1) is 6.92 Å². The van der Waals surface area contributed by atoms with Gasteiger partial charge in [-0.15, -0.1) is 5.10 Å². The van der Waals surface area contributed by atoms with Gasteiger partial charge in [-0.3, -0.25) is 4.79 Å². The first kappa shape index (κ1) is 16.4. The average molecular weight is 317 g/mol. The Morgan fingerprint density at radius 1 is 1.30 bits per heavy atom. The van der Waals surface area contributed by atoms with Crippen LogP contribution >= 0.6 is 0 Å². The number of hydrogen-bond donors (Lipinski definition) is 2. The Morgan fingerprint density at radius 2 is 2.04 bits per heavy atom. The topological polar surface area (TPSA) is 119 Å². The molecule has 2 aromatic heterocycles. The van der Waals surface area contributed by atoms with Gasteiger partial charge in [0.15, 0.2) is 17.5 Å². The van der Waals surface area contributed by atoms with Crippen molar-refractivity contribution in [2.24, 2.45) is 5.73 Å². The van der Waals surface area contributed by atoms with Crippen molar-refractivity contribution in [2.75, 3.05) is 14.1 Å². The fourth-order valence-electron chi connectivity index (χ4n) is 1.88. The van der Waals surface area contributed by atoms with Gasteiger partial charge in [-0.2, -0.15) is 4.68 Å². The van der Waals surface area contributed by atoms with Gasteiger partial charge in [0, 0.05) is 19.8 Å². The van der Waals surface area contributed by atoms with E-state index in [4.69, 9.17) is 5.73 Å². The van der Waals surface area contributed by atoms with Crippen LogP contribution in [-0.4, -0.2) is 50.7 Å². The number of urea groups is 1. The highest BCUT2D eigenvalue weighted by Crippen LogP contribution is 2.09. The third-order valence-electron chi connectivity index (χ3n) is 2.94. The Hall–Kier alpha value is -2.97. The van der Waals surface area contributed by atoms with Crippen molar-refractivity contribution in [1.29, 1.82) is 0 Å². The average Bonchev–Trinajstić information content (AvgIpc) is 2.86. The molecule has 2 aromatic rings. The van der Waals surface area contributed by atoms with Gasteiger partial charge >= 0.3 is 6.03 Å². The minimum Gasteiger partial charge on any atom is -0.369 e. The molecular weight excluding hydrogens is 298 g/mol. The number of pyridine rings is 1. The van der Waals surface area contributed by atoms with Crippen LogP contribution in [0.5, 0.6) is 0 Å². The van der Waals surface area contributed by atoms with Gasteiger partial charge in [0.05, 0.1) is 13.0 Å². The molecule has 0 bridgehead atoms. The molecular formula is C14H19N7O2. The predicted molar refractivity (Wildman–Crippen MR) is 82.7 cm³/mol. The summed E-state index contributed by atoms with van der Waals surface area (Å²) in [6, 6.07) is 5.22. The summed E-state index contributed by atoms with van der Waals surface area (Å²) in [5.74, 6) is 0.787. The predicted octanol–water partition coefficient (Wildman–Crippen LogP) is -0.230. The SMILES string of the molecule is Cc1cccc(-n2nc(CC(N)=O)nc2CNC(=O)N(C)C)n1. The molecule has 23 heavy (non-hydrogen) atoms. The molecule has 0 fully saturated rings. The Balaban J connectivity index is 2.32. The zero-order valence-electron chi connectivity index (χ0n) is 13.3. The van der Waals surface area contributed by atoms with Crippen LogP contribution in [0.2, 0.25) is 0 Å². The molecule has 0 aromatic carbocycles. The highest BCUT2D eigenvalue weighted by Gasteiger charge is 2.15. The molecule has 0 saturated carbocycles. The van der Waals surface area contributed by atoms with Crippen LogP contribution in [-0.2, 0) is 17.8 Å². The highest BCUT2D eigenvalue weighted by atomic mass is 16.2. The lowest BCUT2D eigenvalue weighted by Crippen LogP contribution is -2.34. The third-order valence-corrected chi connectivity index (χ3v) is 2.94. The van der Waals surface area contributed by atoms with Crippen molar-refractivity contribution in [3.8, 4) is 5.82 Å². The summed E-state index contributed by atoms with van der Waals surface area (Å²) >= 11 is 0. The largest absolute Gasteiger partial charge is 0.369 e. The minimum absolute atomic E-state index is 0.0759. The quantitative estimate of drug-likeness (QED) is 0.789. The van der Waals surface area contributed by atoms with Crippen molar-refractivity contribution in [1.82, 2.24) is 30.0 Å². The van der Waals surface area contributed by atoms with Crippen LogP contribution < -0.4 is 11.1 Å². The summed E-state index contributed by atoms with van der Waals surface area (Å²) in [5.41, 5.74) is 6.01. The number of nitrogens with two attached hydrogens (primary N) is 1. The molecule has 0 atom stereocenters. The molecule has 3 N–H and O–H groups in total. The van der Waals surface area contributed by atoms with E-state index in [0.29, 0.717) is 11.6 Å². The maximum absolute atomic E-state index is 11.7. The molecule has 122 valence electrons. The van der Waals surface area contributed by atoms with E-state index in [-0.39, 0.29) is 24.8 Å². The van der Waals surface area contributed by atoms with E-state index in [0.717, 1.165) is 5.69 Å². The molecule has 0 radical (unpaired) electrons. The lowest BCUT2D eigenvalue weighted by molar-refractivity contribution is -0.117. The second kappa shape index (κ2) is 6.86. The number of aryl methyl sites for hydroxylation is 1. The van der Waals surface area contributed by atoms with E-state index in [1.54, 1.807) is 20.2 Å². The Labute approximate surface area is 133 Å². The van der Waals surface area contributed by atoms with Crippen molar-refractivity contribution in [3.05, 3.63) is 35.5 Å². The third kappa shape index (κ3) is 4.25. The summed E-state index contributed by atoms with van der Waals surface area (Å²) in [6.07, 6.45) is -0.0759. The van der Waals surface area contributed by atoms with Gasteiger partial charge < -0.3 is 16.0 Å². The highest BCUT2D eigenvalue weighted by molar-refractivity contribution is 5.75. The number of rotatable bonds is 5. The van der Waals surface area contributed by atoms with Crippen LogP contribution in [0.15, 0.2) is 18.2 Å². The molecule has 2 rings (SSSR count). The summed E-state index contributed by atoms with van der Waals surface area (Å²) in [6.45, 7) is 2.01. The number of nitrogens with zero attached hydrogens (tertiary/aromatic N) is 5. The zero-order valence-corrected chi connectivity index (χ0v) is 13.3. The summed E-state index contributed by atoms with van der Waals surface area (Å²) in [7, 11) is 3.28. The molecule has 0 spiro atoms. The minimum atomic E-state index is -0.525. The number of carbonyl (C=O) groups is 2. The number of aromatic nitrogens is 4. The van der Waals surface area contributed by atoms with Crippen molar-refractivity contribution < 1.29 is 9.59 Å². The normalized spacial score (nSPS) is 10.4. The van der Waals surface area contributed by atoms with E-state index >= 15 is 0 Å². The van der Waals surface area contributed by atoms with Crippen LogP contribution in [0.3, 0.4) is 0 Å². The molecule has 3 amide bonds. The van der Waals surface area contributed by atoms with Gasteiger partial charge in [0.25, 0.3) is 0 Å². The number of primary amides is 1. The Bertz CT molecular complexity index is 724. The molecule has 9 heteroatoms. The summed E-state index contributed by atoms with van der Waals surface area (Å²) in [4.78, 5) is 32.8. The van der Waals surface area contributed by atoms with Gasteiger partial charge in [-0.05, 0) is 19.1 Å². The van der Waals surface area contributed by atoms with Crippen LogP contribution in [0.4, 0.5) is 4.79 Å². The Morgan fingerprint density at radius 3 is 2.65 bits per heavy atom. The fraction of sp³-hybridized carbons (Fsp3) is 0.357. The summed E-state index contributed by atoms with van der Waals surface area (Å²) < 4.78 is 1.50. The zero-order chi connectivity index (χ0) is 17.0. The molecule has 2 heterocycles. The molecule has 0 aliphatic carbocycles. The van der Waals surface area contributed by atoms with Gasteiger partial charge in [0.2, 0.25) is 5.91 Å².